The van der Waals surface area contributed by atoms with Gasteiger partial charge in [-0.3, -0.25) is 0 Å². The van der Waals surface area contributed by atoms with Gasteiger partial charge in [-0.15, -0.1) is 6.42 Å². The highest BCUT2D eigenvalue weighted by molar-refractivity contribution is 5.83. The molecule has 0 bridgehead atoms. The molecule has 0 aliphatic carbocycles. The van der Waals surface area contributed by atoms with Crippen LogP contribution in [0, 0.1) is 12.3 Å². The Labute approximate surface area is 100 Å². The average Bonchev–Trinajstić information content (AvgIpc) is 2.24. The summed E-state index contributed by atoms with van der Waals surface area (Å²) >= 11 is 0. The molecule has 0 spiro atoms. The number of hydrogen-bond donors (Lipinski definition) is 4. The largest absolute Gasteiger partial charge is 0.480 e. The molecule has 0 aliphatic rings. The maximum atomic E-state index is 11.4. The van der Waals surface area contributed by atoms with E-state index in [1.165, 1.54) is 6.92 Å². The fourth-order valence-electron chi connectivity index (χ4n) is 1.22. The molecule has 0 aromatic heterocycles. The van der Waals surface area contributed by atoms with Crippen molar-refractivity contribution < 1.29 is 19.8 Å². The van der Waals surface area contributed by atoms with Gasteiger partial charge in [0.05, 0.1) is 12.1 Å². The number of carbonyl (C=O) groups excluding carboxylic acids is 1. The Morgan fingerprint density at radius 2 is 2.00 bits per heavy atom. The second kappa shape index (κ2) is 7.52. The van der Waals surface area contributed by atoms with Crippen LogP contribution in [-0.4, -0.2) is 40.4 Å². The lowest BCUT2D eigenvalue weighted by atomic mass is 10.2. The second-order valence-electron chi connectivity index (χ2n) is 3.68. The third kappa shape index (κ3) is 5.78. The van der Waals surface area contributed by atoms with Gasteiger partial charge in [0.25, 0.3) is 0 Å². The Hall–Kier alpha value is -1.74. The number of carboxylic acid groups (broad SMARTS) is 1. The number of urea groups is 1. The summed E-state index contributed by atoms with van der Waals surface area (Å²) < 4.78 is 0. The standard InChI is InChI=1S/C11H18N2O4/c1-4-6-8(5-2)12-11(17)13-9(7(3)14)10(15)16/h2,7-9,14H,4,6H2,1,3H3,(H,15,16)(H2,12,13,17). The molecule has 0 aromatic carbocycles. The van der Waals surface area contributed by atoms with Crippen LogP contribution in [0.2, 0.25) is 0 Å². The lowest BCUT2D eigenvalue weighted by Gasteiger charge is -2.19. The summed E-state index contributed by atoms with van der Waals surface area (Å²) in [6.07, 6.45) is 5.42. The van der Waals surface area contributed by atoms with Crippen molar-refractivity contribution in [3.63, 3.8) is 0 Å². The molecule has 0 aliphatic heterocycles. The summed E-state index contributed by atoms with van der Waals surface area (Å²) in [5.41, 5.74) is 0. The van der Waals surface area contributed by atoms with Crippen molar-refractivity contribution in [3.8, 4) is 12.3 Å². The molecule has 96 valence electrons. The van der Waals surface area contributed by atoms with Crippen molar-refractivity contribution in [2.24, 2.45) is 0 Å². The minimum atomic E-state index is -1.35. The Balaban J connectivity index is 4.33. The van der Waals surface area contributed by atoms with Crippen LogP contribution in [0.15, 0.2) is 0 Å². The molecule has 0 heterocycles. The van der Waals surface area contributed by atoms with Gasteiger partial charge < -0.3 is 20.8 Å². The Bertz CT molecular complexity index is 309. The van der Waals surface area contributed by atoms with E-state index in [2.05, 4.69) is 16.6 Å². The number of hydrogen-bond acceptors (Lipinski definition) is 3. The maximum absolute atomic E-state index is 11.4. The van der Waals surface area contributed by atoms with Gasteiger partial charge in [-0.05, 0) is 13.3 Å². The highest BCUT2D eigenvalue weighted by Gasteiger charge is 2.25. The third-order valence-corrected chi connectivity index (χ3v) is 2.12. The Morgan fingerprint density at radius 3 is 2.35 bits per heavy atom. The van der Waals surface area contributed by atoms with Crippen molar-refractivity contribution in [2.45, 2.75) is 44.9 Å². The molecular weight excluding hydrogens is 224 g/mol. The van der Waals surface area contributed by atoms with Crippen LogP contribution in [0.4, 0.5) is 4.79 Å². The highest BCUT2D eigenvalue weighted by atomic mass is 16.4. The van der Waals surface area contributed by atoms with Crippen LogP contribution in [0.1, 0.15) is 26.7 Å². The van der Waals surface area contributed by atoms with Gasteiger partial charge in [0.2, 0.25) is 0 Å². The number of terminal acetylenes is 1. The summed E-state index contributed by atoms with van der Waals surface area (Å²) in [6, 6.07) is -2.49. The summed E-state index contributed by atoms with van der Waals surface area (Å²) in [4.78, 5) is 22.1. The quantitative estimate of drug-likeness (QED) is 0.490. The molecule has 0 radical (unpaired) electrons. The molecular formula is C11H18N2O4. The van der Waals surface area contributed by atoms with Gasteiger partial charge in [0.15, 0.2) is 6.04 Å². The minimum Gasteiger partial charge on any atom is -0.480 e. The Kier molecular flexibility index (Phi) is 6.75. The number of aliphatic hydroxyl groups is 1. The normalized spacial score (nSPS) is 15.2. The molecule has 0 aromatic rings. The van der Waals surface area contributed by atoms with Crippen molar-refractivity contribution in [3.05, 3.63) is 0 Å². The van der Waals surface area contributed by atoms with E-state index in [1.54, 1.807) is 0 Å². The van der Waals surface area contributed by atoms with E-state index in [9.17, 15) is 9.59 Å². The lowest BCUT2D eigenvalue weighted by molar-refractivity contribution is -0.141. The van der Waals surface area contributed by atoms with E-state index in [0.29, 0.717) is 6.42 Å². The van der Waals surface area contributed by atoms with Crippen molar-refractivity contribution in [1.82, 2.24) is 10.6 Å². The number of aliphatic carboxylic acids is 1. The smallest absolute Gasteiger partial charge is 0.328 e. The molecule has 4 N–H and O–H groups in total. The van der Waals surface area contributed by atoms with E-state index >= 15 is 0 Å². The van der Waals surface area contributed by atoms with Crippen LogP contribution >= 0.6 is 0 Å². The van der Waals surface area contributed by atoms with Gasteiger partial charge in [0.1, 0.15) is 0 Å². The van der Waals surface area contributed by atoms with Crippen LogP contribution in [0.3, 0.4) is 0 Å². The molecule has 0 fully saturated rings. The SMILES string of the molecule is C#CC(CCC)NC(=O)NC(C(=O)O)C(C)O. The molecule has 0 saturated carbocycles. The monoisotopic (exact) mass is 242 g/mol. The fraction of sp³-hybridized carbons (Fsp3) is 0.636. The molecule has 2 amide bonds. The molecule has 3 atom stereocenters. The predicted molar refractivity (Wildman–Crippen MR) is 62.3 cm³/mol. The zero-order valence-corrected chi connectivity index (χ0v) is 9.93. The van der Waals surface area contributed by atoms with Crippen LogP contribution < -0.4 is 10.6 Å². The van der Waals surface area contributed by atoms with Gasteiger partial charge in [-0.2, -0.15) is 0 Å². The van der Waals surface area contributed by atoms with E-state index in [0.717, 1.165) is 6.42 Å². The molecule has 17 heavy (non-hydrogen) atoms. The molecule has 0 rings (SSSR count). The number of nitrogens with one attached hydrogen (secondary N) is 2. The summed E-state index contributed by atoms with van der Waals surface area (Å²) in [5.74, 6) is 1.08. The first kappa shape index (κ1) is 15.3. The van der Waals surface area contributed by atoms with Crippen LogP contribution in [-0.2, 0) is 4.79 Å². The minimum absolute atomic E-state index is 0.441. The van der Waals surface area contributed by atoms with E-state index in [-0.39, 0.29) is 0 Å². The second-order valence-corrected chi connectivity index (χ2v) is 3.68. The van der Waals surface area contributed by atoms with Crippen LogP contribution in [0.25, 0.3) is 0 Å². The van der Waals surface area contributed by atoms with Gasteiger partial charge >= 0.3 is 12.0 Å². The molecule has 6 heteroatoms. The maximum Gasteiger partial charge on any atom is 0.328 e. The number of amides is 2. The topological polar surface area (TPSA) is 98.7 Å². The average molecular weight is 242 g/mol. The number of rotatable bonds is 6. The lowest BCUT2D eigenvalue weighted by Crippen LogP contribution is -2.52. The van der Waals surface area contributed by atoms with Crippen molar-refractivity contribution in [2.75, 3.05) is 0 Å². The summed E-state index contributed by atoms with van der Waals surface area (Å²) in [6.45, 7) is 3.20. The van der Waals surface area contributed by atoms with Gasteiger partial charge in [0, 0.05) is 0 Å². The first-order chi connectivity index (χ1) is 7.92. The van der Waals surface area contributed by atoms with Gasteiger partial charge in [-0.1, -0.05) is 19.3 Å². The summed E-state index contributed by atoms with van der Waals surface area (Å²) in [7, 11) is 0. The molecule has 3 unspecified atom stereocenters. The third-order valence-electron chi connectivity index (χ3n) is 2.12. The predicted octanol–water partition coefficient (Wildman–Crippen LogP) is -0.0785. The zero-order chi connectivity index (χ0) is 13.4. The van der Waals surface area contributed by atoms with Gasteiger partial charge in [-0.25, -0.2) is 9.59 Å². The van der Waals surface area contributed by atoms with E-state index < -0.39 is 30.2 Å². The highest BCUT2D eigenvalue weighted by Crippen LogP contribution is 1.96. The fourth-order valence-corrected chi connectivity index (χ4v) is 1.22. The van der Waals surface area contributed by atoms with Crippen molar-refractivity contribution in [1.29, 1.82) is 0 Å². The van der Waals surface area contributed by atoms with Crippen molar-refractivity contribution >= 4 is 12.0 Å². The van der Waals surface area contributed by atoms with Crippen LogP contribution in [0.5, 0.6) is 0 Å². The molecule has 6 nitrogen and oxygen atoms in total. The first-order valence-corrected chi connectivity index (χ1v) is 5.36. The van der Waals surface area contributed by atoms with E-state index in [4.69, 9.17) is 16.6 Å². The Morgan fingerprint density at radius 1 is 1.41 bits per heavy atom. The number of carboxylic acids is 1. The zero-order valence-electron chi connectivity index (χ0n) is 9.93. The number of aliphatic hydroxyl groups excluding tert-OH is 1. The first-order valence-electron chi connectivity index (χ1n) is 5.36. The van der Waals surface area contributed by atoms with E-state index in [1.807, 2.05) is 6.92 Å². The number of carbonyl (C=O) groups is 2. The molecule has 0 saturated heterocycles. The summed E-state index contributed by atoms with van der Waals surface area (Å²) in [5, 5.41) is 22.5.